The van der Waals surface area contributed by atoms with Crippen molar-refractivity contribution in [2.45, 2.75) is 65.2 Å². The van der Waals surface area contributed by atoms with Crippen molar-refractivity contribution < 1.29 is 19.5 Å². The van der Waals surface area contributed by atoms with E-state index in [1.807, 2.05) is 0 Å². The van der Waals surface area contributed by atoms with E-state index in [0.29, 0.717) is 23.8 Å². The summed E-state index contributed by atoms with van der Waals surface area (Å²) in [5.74, 6) is -2.81. The molecule has 0 radical (unpaired) electrons. The molecule has 0 heterocycles. The van der Waals surface area contributed by atoms with Gasteiger partial charge in [0.05, 0.1) is 0 Å². The average Bonchev–Trinajstić information content (AvgIpc) is 2.68. The Kier molecular flexibility index (Phi) is 12.0. The van der Waals surface area contributed by atoms with Crippen molar-refractivity contribution in [1.82, 2.24) is 4.90 Å². The van der Waals surface area contributed by atoms with Crippen LogP contribution in [0.15, 0.2) is 24.3 Å². The minimum atomic E-state index is -1.02. The van der Waals surface area contributed by atoms with Crippen molar-refractivity contribution >= 4 is 35.1 Å². The second kappa shape index (κ2) is 14.0. The molecule has 0 aliphatic carbocycles. The maximum absolute atomic E-state index is 13.2. The zero-order valence-corrected chi connectivity index (χ0v) is 18.2. The number of amides is 2. The highest BCUT2D eigenvalue weighted by molar-refractivity contribution is 6.30. The molecule has 0 saturated carbocycles. The first-order valence-electron chi connectivity index (χ1n) is 10.5. The van der Waals surface area contributed by atoms with E-state index < -0.39 is 17.8 Å². The first kappa shape index (κ1) is 25.0. The molecular weight excluding hydrogens is 392 g/mol. The maximum Gasteiger partial charge on any atom is 0.303 e. The summed E-state index contributed by atoms with van der Waals surface area (Å²) < 4.78 is 0. The van der Waals surface area contributed by atoms with Crippen LogP contribution in [0.1, 0.15) is 65.2 Å². The summed E-state index contributed by atoms with van der Waals surface area (Å²) in [5, 5.41) is 12.3. The second-order valence-corrected chi connectivity index (χ2v) is 7.66. The van der Waals surface area contributed by atoms with Crippen LogP contribution in [0.4, 0.5) is 5.69 Å². The van der Waals surface area contributed by atoms with E-state index in [1.165, 1.54) is 0 Å². The fourth-order valence-electron chi connectivity index (χ4n) is 3.06. The molecule has 0 aromatic heterocycles. The lowest BCUT2D eigenvalue weighted by atomic mass is 9.99. The highest BCUT2D eigenvalue weighted by Crippen LogP contribution is 2.18. The van der Waals surface area contributed by atoms with Crippen LogP contribution in [-0.4, -0.2) is 40.9 Å². The lowest BCUT2D eigenvalue weighted by Crippen LogP contribution is -2.42. The lowest BCUT2D eigenvalue weighted by molar-refractivity contribution is -0.142. The molecule has 2 N–H and O–H groups in total. The van der Waals surface area contributed by atoms with Gasteiger partial charge in [0.1, 0.15) is 5.92 Å². The number of hydrogen-bond acceptors (Lipinski definition) is 3. The van der Waals surface area contributed by atoms with Crippen molar-refractivity contribution in [2.24, 2.45) is 5.92 Å². The first-order chi connectivity index (χ1) is 13.9. The maximum atomic E-state index is 13.2. The standard InChI is InChI=1S/C22H33ClN2O4/c1-3-5-7-15-25(16-8-6-4-2)22(29)19(13-14-20(26)27)21(28)24-18-11-9-17(23)10-12-18/h9-12,19H,3-8,13-16H2,1-2H3,(H,24,28)(H,26,27). The van der Waals surface area contributed by atoms with E-state index >= 15 is 0 Å². The molecule has 162 valence electrons. The van der Waals surface area contributed by atoms with Crippen LogP contribution in [0.5, 0.6) is 0 Å². The molecule has 1 rings (SSSR count). The number of rotatable bonds is 14. The number of anilines is 1. The number of nitrogens with zero attached hydrogens (tertiary/aromatic N) is 1. The molecule has 0 bridgehead atoms. The number of halogens is 1. The molecule has 0 aliphatic heterocycles. The van der Waals surface area contributed by atoms with Crippen molar-refractivity contribution in [3.63, 3.8) is 0 Å². The quantitative estimate of drug-likeness (QED) is 0.326. The minimum Gasteiger partial charge on any atom is -0.481 e. The molecule has 0 aliphatic rings. The van der Waals surface area contributed by atoms with Gasteiger partial charge in [-0.3, -0.25) is 14.4 Å². The zero-order chi connectivity index (χ0) is 21.6. The Labute approximate surface area is 178 Å². The molecular formula is C22H33ClN2O4. The van der Waals surface area contributed by atoms with E-state index in [0.717, 1.165) is 38.5 Å². The van der Waals surface area contributed by atoms with Gasteiger partial charge in [0.15, 0.2) is 0 Å². The van der Waals surface area contributed by atoms with Gasteiger partial charge < -0.3 is 15.3 Å². The van der Waals surface area contributed by atoms with Crippen molar-refractivity contribution in [2.75, 3.05) is 18.4 Å². The second-order valence-electron chi connectivity index (χ2n) is 7.22. The number of carbonyl (C=O) groups is 3. The van der Waals surface area contributed by atoms with Crippen molar-refractivity contribution in [1.29, 1.82) is 0 Å². The summed E-state index contributed by atoms with van der Waals surface area (Å²) in [5.41, 5.74) is 0.524. The summed E-state index contributed by atoms with van der Waals surface area (Å²) in [7, 11) is 0. The summed E-state index contributed by atoms with van der Waals surface area (Å²) >= 11 is 5.87. The van der Waals surface area contributed by atoms with E-state index in [-0.39, 0.29) is 18.7 Å². The third-order valence-corrected chi connectivity index (χ3v) is 5.00. The van der Waals surface area contributed by atoms with Crippen LogP contribution in [-0.2, 0) is 14.4 Å². The Bertz CT molecular complexity index is 639. The van der Waals surface area contributed by atoms with E-state index in [2.05, 4.69) is 19.2 Å². The van der Waals surface area contributed by atoms with Gasteiger partial charge in [-0.25, -0.2) is 0 Å². The number of carboxylic acid groups (broad SMARTS) is 1. The molecule has 2 amide bonds. The van der Waals surface area contributed by atoms with Gasteiger partial charge >= 0.3 is 5.97 Å². The largest absolute Gasteiger partial charge is 0.481 e. The van der Waals surface area contributed by atoms with Crippen LogP contribution in [0, 0.1) is 5.92 Å². The van der Waals surface area contributed by atoms with Crippen LogP contribution in [0.3, 0.4) is 0 Å². The molecule has 6 nitrogen and oxygen atoms in total. The predicted molar refractivity (Wildman–Crippen MR) is 116 cm³/mol. The lowest BCUT2D eigenvalue weighted by Gasteiger charge is -2.27. The molecule has 0 spiro atoms. The highest BCUT2D eigenvalue weighted by Gasteiger charge is 2.31. The Balaban J connectivity index is 2.92. The van der Waals surface area contributed by atoms with Crippen LogP contribution < -0.4 is 5.32 Å². The molecule has 7 heteroatoms. The summed E-state index contributed by atoms with van der Waals surface area (Å²) in [6.45, 7) is 5.37. The average molecular weight is 425 g/mol. The Morgan fingerprint density at radius 1 is 1.00 bits per heavy atom. The molecule has 1 aromatic rings. The molecule has 29 heavy (non-hydrogen) atoms. The SMILES string of the molecule is CCCCCN(CCCCC)C(=O)C(CCC(=O)O)C(=O)Nc1ccc(Cl)cc1. The van der Waals surface area contributed by atoms with Gasteiger partial charge in [-0.15, -0.1) is 0 Å². The van der Waals surface area contributed by atoms with E-state index in [1.54, 1.807) is 29.2 Å². The number of carboxylic acids is 1. The number of nitrogens with one attached hydrogen (secondary N) is 1. The zero-order valence-electron chi connectivity index (χ0n) is 17.5. The minimum absolute atomic E-state index is 0.0222. The van der Waals surface area contributed by atoms with Gasteiger partial charge in [-0.2, -0.15) is 0 Å². The molecule has 1 atom stereocenters. The summed E-state index contributed by atoms with van der Waals surface area (Å²) in [6, 6.07) is 6.60. The van der Waals surface area contributed by atoms with Gasteiger partial charge in [0, 0.05) is 30.2 Å². The topological polar surface area (TPSA) is 86.7 Å². The number of aliphatic carboxylic acids is 1. The smallest absolute Gasteiger partial charge is 0.303 e. The Morgan fingerprint density at radius 2 is 1.55 bits per heavy atom. The fraction of sp³-hybridized carbons (Fsp3) is 0.591. The molecule has 1 unspecified atom stereocenters. The summed E-state index contributed by atoms with van der Waals surface area (Å²) in [6.07, 6.45) is 5.58. The van der Waals surface area contributed by atoms with Gasteiger partial charge in [-0.1, -0.05) is 51.1 Å². The fourth-order valence-corrected chi connectivity index (χ4v) is 3.18. The molecule has 0 saturated heterocycles. The Hall–Kier alpha value is -2.08. The van der Waals surface area contributed by atoms with E-state index in [4.69, 9.17) is 16.7 Å². The summed E-state index contributed by atoms with van der Waals surface area (Å²) in [4.78, 5) is 38.8. The van der Waals surface area contributed by atoms with Crippen LogP contribution in [0.25, 0.3) is 0 Å². The molecule has 0 fully saturated rings. The van der Waals surface area contributed by atoms with Gasteiger partial charge in [-0.05, 0) is 43.5 Å². The number of carbonyl (C=O) groups excluding carboxylic acids is 2. The highest BCUT2D eigenvalue weighted by atomic mass is 35.5. The van der Waals surface area contributed by atoms with Crippen LogP contribution in [0.2, 0.25) is 5.02 Å². The van der Waals surface area contributed by atoms with Crippen LogP contribution >= 0.6 is 11.6 Å². The number of hydrogen-bond donors (Lipinski definition) is 2. The van der Waals surface area contributed by atoms with Gasteiger partial charge in [0.2, 0.25) is 11.8 Å². The monoisotopic (exact) mass is 424 g/mol. The third-order valence-electron chi connectivity index (χ3n) is 4.75. The number of unbranched alkanes of at least 4 members (excludes halogenated alkanes) is 4. The third kappa shape index (κ3) is 9.79. The Morgan fingerprint density at radius 3 is 2.03 bits per heavy atom. The van der Waals surface area contributed by atoms with Crippen molar-refractivity contribution in [3.8, 4) is 0 Å². The first-order valence-corrected chi connectivity index (χ1v) is 10.8. The van der Waals surface area contributed by atoms with Gasteiger partial charge in [0.25, 0.3) is 0 Å². The van der Waals surface area contributed by atoms with E-state index in [9.17, 15) is 14.4 Å². The van der Waals surface area contributed by atoms with Crippen molar-refractivity contribution in [3.05, 3.63) is 29.3 Å². The molecule has 1 aromatic carbocycles. The number of benzene rings is 1. The predicted octanol–water partition coefficient (Wildman–Crippen LogP) is 4.97. The normalized spacial score (nSPS) is 11.7.